The molecule has 5 heteroatoms. The summed E-state index contributed by atoms with van der Waals surface area (Å²) in [6.07, 6.45) is 2.81. The Morgan fingerprint density at radius 2 is 2.14 bits per heavy atom. The Morgan fingerprint density at radius 1 is 1.41 bits per heavy atom. The number of benzene rings is 1. The summed E-state index contributed by atoms with van der Waals surface area (Å²) in [5, 5.41) is 4.19. The second-order valence-electron chi connectivity index (χ2n) is 6.04. The van der Waals surface area contributed by atoms with Gasteiger partial charge in [-0.2, -0.15) is 0 Å². The molecule has 3 rings (SSSR count). The summed E-state index contributed by atoms with van der Waals surface area (Å²) in [6, 6.07) is 8.52. The molecule has 0 aliphatic carbocycles. The first-order valence-electron chi connectivity index (χ1n) is 8.08. The van der Waals surface area contributed by atoms with Crippen LogP contribution in [-0.2, 0) is 4.79 Å². The lowest BCUT2D eigenvalue weighted by Gasteiger charge is -2.31. The molecular weight excluding hydrogens is 294 g/mol. The van der Waals surface area contributed by atoms with Gasteiger partial charge in [0, 0.05) is 25.0 Å². The zero-order valence-electron chi connectivity index (χ0n) is 13.2. The van der Waals surface area contributed by atoms with E-state index in [2.05, 4.69) is 42.3 Å². The summed E-state index contributed by atoms with van der Waals surface area (Å²) >= 11 is 1.74. The van der Waals surface area contributed by atoms with Crippen LogP contribution in [0.2, 0.25) is 0 Å². The number of nitrogens with zero attached hydrogens (tertiary/aromatic N) is 2. The van der Waals surface area contributed by atoms with Gasteiger partial charge in [-0.15, -0.1) is 0 Å². The van der Waals surface area contributed by atoms with E-state index in [0.717, 1.165) is 43.0 Å². The summed E-state index contributed by atoms with van der Waals surface area (Å²) < 4.78 is 1.23. The smallest absolute Gasteiger partial charge is 0.223 e. The molecule has 1 aliphatic heterocycles. The van der Waals surface area contributed by atoms with Crippen molar-refractivity contribution >= 4 is 32.6 Å². The highest BCUT2D eigenvalue weighted by Gasteiger charge is 2.26. The quantitative estimate of drug-likeness (QED) is 0.939. The summed E-state index contributed by atoms with van der Waals surface area (Å²) in [6.45, 7) is 5.99. The highest BCUT2D eigenvalue weighted by atomic mass is 32.1. The number of thiazole rings is 1. The van der Waals surface area contributed by atoms with E-state index in [1.54, 1.807) is 11.3 Å². The van der Waals surface area contributed by atoms with Gasteiger partial charge in [0.05, 0.1) is 10.2 Å². The first-order valence-corrected chi connectivity index (χ1v) is 8.90. The number of anilines is 1. The first kappa shape index (κ1) is 15.3. The second-order valence-corrected chi connectivity index (χ2v) is 7.05. The Hall–Kier alpha value is -1.62. The molecule has 0 unspecified atom stereocenters. The van der Waals surface area contributed by atoms with Gasteiger partial charge in [-0.1, -0.05) is 30.4 Å². The van der Waals surface area contributed by atoms with Gasteiger partial charge in [0.25, 0.3) is 0 Å². The van der Waals surface area contributed by atoms with Gasteiger partial charge < -0.3 is 10.2 Å². The number of carbonyl (C=O) groups is 1. The standard InChI is InChI=1S/C17H23N3OS/c1-3-12(2)18-16(21)13-8-10-20(11-9-13)17-19-14-6-4-5-7-15(14)22-17/h4-7,12-13H,3,8-11H2,1-2H3,(H,18,21)/t12-/m0/s1. The molecule has 1 aliphatic rings. The van der Waals surface area contributed by atoms with E-state index in [4.69, 9.17) is 4.98 Å². The van der Waals surface area contributed by atoms with Crippen LogP contribution in [0.4, 0.5) is 5.13 Å². The molecule has 22 heavy (non-hydrogen) atoms. The number of rotatable bonds is 4. The Morgan fingerprint density at radius 3 is 2.82 bits per heavy atom. The van der Waals surface area contributed by atoms with Crippen LogP contribution in [0.1, 0.15) is 33.1 Å². The van der Waals surface area contributed by atoms with Crippen LogP contribution in [0.3, 0.4) is 0 Å². The number of hydrogen-bond acceptors (Lipinski definition) is 4. The molecule has 0 spiro atoms. The summed E-state index contributed by atoms with van der Waals surface area (Å²) in [5.74, 6) is 0.373. The third-order valence-corrected chi connectivity index (χ3v) is 5.52. The molecule has 1 fully saturated rings. The molecule has 1 N–H and O–H groups in total. The fourth-order valence-corrected chi connectivity index (χ4v) is 3.81. The number of piperidine rings is 1. The van der Waals surface area contributed by atoms with Crippen LogP contribution >= 0.6 is 11.3 Å². The van der Waals surface area contributed by atoms with Gasteiger partial charge in [-0.3, -0.25) is 4.79 Å². The zero-order chi connectivity index (χ0) is 15.5. The topological polar surface area (TPSA) is 45.2 Å². The fraction of sp³-hybridized carbons (Fsp3) is 0.529. The maximum Gasteiger partial charge on any atom is 0.223 e. The van der Waals surface area contributed by atoms with Crippen molar-refractivity contribution in [1.29, 1.82) is 0 Å². The van der Waals surface area contributed by atoms with Crippen LogP contribution in [-0.4, -0.2) is 30.0 Å². The highest BCUT2D eigenvalue weighted by molar-refractivity contribution is 7.22. The van der Waals surface area contributed by atoms with Crippen molar-refractivity contribution in [2.45, 2.75) is 39.2 Å². The number of carbonyl (C=O) groups excluding carboxylic acids is 1. The molecule has 1 aromatic heterocycles. The van der Waals surface area contributed by atoms with E-state index in [1.807, 2.05) is 6.07 Å². The van der Waals surface area contributed by atoms with Crippen LogP contribution in [0, 0.1) is 5.92 Å². The van der Waals surface area contributed by atoms with Gasteiger partial charge in [-0.25, -0.2) is 4.98 Å². The van der Waals surface area contributed by atoms with Crippen LogP contribution in [0.15, 0.2) is 24.3 Å². The van der Waals surface area contributed by atoms with Crippen molar-refractivity contribution in [2.75, 3.05) is 18.0 Å². The molecular formula is C17H23N3OS. The summed E-state index contributed by atoms with van der Waals surface area (Å²) in [4.78, 5) is 19.2. The highest BCUT2D eigenvalue weighted by Crippen LogP contribution is 2.31. The Balaban J connectivity index is 1.60. The third-order valence-electron chi connectivity index (χ3n) is 4.42. The van der Waals surface area contributed by atoms with Crippen molar-refractivity contribution in [3.05, 3.63) is 24.3 Å². The van der Waals surface area contributed by atoms with Gasteiger partial charge >= 0.3 is 0 Å². The molecule has 0 saturated carbocycles. The third kappa shape index (κ3) is 3.24. The fourth-order valence-electron chi connectivity index (χ4n) is 2.79. The molecule has 4 nitrogen and oxygen atoms in total. The minimum Gasteiger partial charge on any atom is -0.353 e. The maximum absolute atomic E-state index is 12.2. The predicted molar refractivity (Wildman–Crippen MR) is 92.5 cm³/mol. The second kappa shape index (κ2) is 6.65. The van der Waals surface area contributed by atoms with Crippen LogP contribution in [0.5, 0.6) is 0 Å². The zero-order valence-corrected chi connectivity index (χ0v) is 14.0. The molecule has 1 saturated heterocycles. The van der Waals surface area contributed by atoms with Gasteiger partial charge in [0.2, 0.25) is 5.91 Å². The number of nitrogens with one attached hydrogen (secondary N) is 1. The van der Waals surface area contributed by atoms with E-state index < -0.39 is 0 Å². The average molecular weight is 317 g/mol. The number of hydrogen-bond donors (Lipinski definition) is 1. The SMILES string of the molecule is CC[C@H](C)NC(=O)C1CCN(c2nc3ccccc3s2)CC1. The maximum atomic E-state index is 12.2. The monoisotopic (exact) mass is 317 g/mol. The predicted octanol–water partition coefficient (Wildman–Crippen LogP) is 3.43. The van der Waals surface area contributed by atoms with Crippen molar-refractivity contribution < 1.29 is 4.79 Å². The molecule has 118 valence electrons. The van der Waals surface area contributed by atoms with Crippen molar-refractivity contribution in [1.82, 2.24) is 10.3 Å². The number of fused-ring (bicyclic) bond motifs is 1. The molecule has 1 amide bonds. The molecule has 2 heterocycles. The lowest BCUT2D eigenvalue weighted by molar-refractivity contribution is -0.126. The van der Waals surface area contributed by atoms with E-state index >= 15 is 0 Å². The number of para-hydroxylation sites is 1. The summed E-state index contributed by atoms with van der Waals surface area (Å²) in [5.41, 5.74) is 1.07. The molecule has 1 atom stereocenters. The molecule has 1 aromatic carbocycles. The molecule has 0 radical (unpaired) electrons. The van der Waals surface area contributed by atoms with Crippen molar-refractivity contribution in [2.24, 2.45) is 5.92 Å². The molecule has 0 bridgehead atoms. The largest absolute Gasteiger partial charge is 0.353 e. The van der Waals surface area contributed by atoms with E-state index in [9.17, 15) is 4.79 Å². The lowest BCUT2D eigenvalue weighted by Crippen LogP contribution is -2.43. The van der Waals surface area contributed by atoms with Crippen molar-refractivity contribution in [3.63, 3.8) is 0 Å². The Labute approximate surface area is 135 Å². The minimum atomic E-state index is 0.152. The summed E-state index contributed by atoms with van der Waals surface area (Å²) in [7, 11) is 0. The van der Waals surface area contributed by atoms with E-state index in [0.29, 0.717) is 0 Å². The van der Waals surface area contributed by atoms with E-state index in [1.165, 1.54) is 4.70 Å². The first-order chi connectivity index (χ1) is 10.7. The average Bonchev–Trinajstić information content (AvgIpc) is 2.98. The number of amides is 1. The Bertz CT molecular complexity index is 613. The normalized spacial score (nSPS) is 17.6. The van der Waals surface area contributed by atoms with Gasteiger partial charge in [0.15, 0.2) is 5.13 Å². The minimum absolute atomic E-state index is 0.152. The number of aromatic nitrogens is 1. The lowest BCUT2D eigenvalue weighted by atomic mass is 9.96. The van der Waals surface area contributed by atoms with Crippen LogP contribution in [0.25, 0.3) is 10.2 Å². The molecule has 2 aromatic rings. The van der Waals surface area contributed by atoms with Gasteiger partial charge in [-0.05, 0) is 38.3 Å². The van der Waals surface area contributed by atoms with Crippen LogP contribution < -0.4 is 10.2 Å². The van der Waals surface area contributed by atoms with Crippen molar-refractivity contribution in [3.8, 4) is 0 Å². The Kier molecular flexibility index (Phi) is 4.62. The van der Waals surface area contributed by atoms with E-state index in [-0.39, 0.29) is 17.9 Å². The van der Waals surface area contributed by atoms with Gasteiger partial charge in [0.1, 0.15) is 0 Å².